The van der Waals surface area contributed by atoms with E-state index in [1.54, 1.807) is 35.4 Å². The van der Waals surface area contributed by atoms with E-state index in [1.165, 1.54) is 18.2 Å². The number of aromatic nitrogens is 1. The Kier molecular flexibility index (Phi) is 5.60. The maximum Gasteiger partial charge on any atom is 0.387 e. The van der Waals surface area contributed by atoms with Gasteiger partial charge in [-0.2, -0.15) is 8.78 Å². The molecule has 1 saturated heterocycles. The second-order valence-corrected chi connectivity index (χ2v) is 8.99. The number of carbonyl (C=O) groups excluding carboxylic acids is 1. The molecule has 2 amide bonds. The molecule has 33 heavy (non-hydrogen) atoms. The Bertz CT molecular complexity index is 1170. The molecule has 8 heteroatoms. The molecule has 0 radical (unpaired) electrons. The molecule has 0 atom stereocenters. The topological polar surface area (TPSA) is 54.5 Å². The van der Waals surface area contributed by atoms with Gasteiger partial charge in [0.25, 0.3) is 0 Å². The summed E-state index contributed by atoms with van der Waals surface area (Å²) in [5.74, 6) is 0.121. The minimum absolute atomic E-state index is 0.00410. The van der Waals surface area contributed by atoms with Gasteiger partial charge in [0, 0.05) is 36.4 Å². The van der Waals surface area contributed by atoms with Gasteiger partial charge >= 0.3 is 12.6 Å². The third kappa shape index (κ3) is 4.47. The van der Waals surface area contributed by atoms with Gasteiger partial charge in [0.05, 0.1) is 5.52 Å². The summed E-state index contributed by atoms with van der Waals surface area (Å²) in [6.45, 7) is -1.64. The third-order valence-corrected chi connectivity index (χ3v) is 6.96. The standard InChI is InChI=1S/C25H24F3N3O2/c26-17-4-5-22-21(12-17)20(6-9-29-22)16-14-25(15-16)7-10-31(11-8-25)24(32)30-18-2-1-3-19(13-18)33-23(27)28/h1-6,9,12-13,16,23H,7-8,10-11,14-15H2,(H,30,32). The predicted octanol–water partition coefficient (Wildman–Crippen LogP) is 6.17. The average molecular weight is 455 g/mol. The first-order chi connectivity index (χ1) is 15.9. The molecule has 1 spiro atoms. The number of nitrogens with zero attached hydrogens (tertiary/aromatic N) is 2. The van der Waals surface area contributed by atoms with Crippen molar-refractivity contribution in [3.63, 3.8) is 0 Å². The number of urea groups is 1. The van der Waals surface area contributed by atoms with E-state index in [4.69, 9.17) is 0 Å². The van der Waals surface area contributed by atoms with E-state index in [9.17, 15) is 18.0 Å². The Labute approximate surface area is 189 Å². The van der Waals surface area contributed by atoms with Gasteiger partial charge in [-0.25, -0.2) is 9.18 Å². The van der Waals surface area contributed by atoms with Crippen molar-refractivity contribution < 1.29 is 22.7 Å². The van der Waals surface area contributed by atoms with Crippen LogP contribution in [0.3, 0.4) is 0 Å². The average Bonchev–Trinajstić information content (AvgIpc) is 2.77. The van der Waals surface area contributed by atoms with Crippen molar-refractivity contribution in [1.29, 1.82) is 0 Å². The van der Waals surface area contributed by atoms with E-state index in [0.717, 1.165) is 42.1 Å². The smallest absolute Gasteiger partial charge is 0.387 e. The maximum absolute atomic E-state index is 13.8. The second-order valence-electron chi connectivity index (χ2n) is 8.99. The molecule has 5 nitrogen and oxygen atoms in total. The van der Waals surface area contributed by atoms with Gasteiger partial charge < -0.3 is 15.0 Å². The molecule has 2 aliphatic rings. The zero-order valence-electron chi connectivity index (χ0n) is 17.9. The number of anilines is 1. The van der Waals surface area contributed by atoms with E-state index in [0.29, 0.717) is 24.7 Å². The Morgan fingerprint density at radius 3 is 2.67 bits per heavy atom. The normalized spacial score (nSPS) is 17.9. The van der Waals surface area contributed by atoms with Crippen LogP contribution in [0.2, 0.25) is 0 Å². The third-order valence-electron chi connectivity index (χ3n) is 6.96. The molecule has 2 aromatic carbocycles. The molecule has 0 bridgehead atoms. The first-order valence-electron chi connectivity index (χ1n) is 11.1. The lowest BCUT2D eigenvalue weighted by molar-refractivity contribution is -0.0498. The zero-order valence-corrected chi connectivity index (χ0v) is 17.9. The molecule has 1 aromatic heterocycles. The quantitative estimate of drug-likeness (QED) is 0.512. The summed E-state index contributed by atoms with van der Waals surface area (Å²) in [5, 5.41) is 3.65. The highest BCUT2D eigenvalue weighted by Crippen LogP contribution is 2.57. The molecule has 2 heterocycles. The number of hydrogen-bond donors (Lipinski definition) is 1. The Balaban J connectivity index is 1.18. The summed E-state index contributed by atoms with van der Waals surface area (Å²) in [7, 11) is 0. The number of likely N-dealkylation sites (tertiary alicyclic amines) is 1. The number of hydrogen-bond acceptors (Lipinski definition) is 3. The zero-order chi connectivity index (χ0) is 23.0. The first kappa shape index (κ1) is 21.6. The lowest BCUT2D eigenvalue weighted by Gasteiger charge is -2.52. The number of halogens is 3. The molecular weight excluding hydrogens is 431 g/mol. The van der Waals surface area contributed by atoms with Crippen LogP contribution in [0, 0.1) is 11.2 Å². The maximum atomic E-state index is 13.8. The summed E-state index contributed by atoms with van der Waals surface area (Å²) in [6, 6.07) is 12.5. The summed E-state index contributed by atoms with van der Waals surface area (Å²) >= 11 is 0. The number of nitrogens with one attached hydrogen (secondary N) is 1. The molecule has 1 saturated carbocycles. The molecule has 1 aliphatic carbocycles. The first-order valence-corrected chi connectivity index (χ1v) is 11.1. The van der Waals surface area contributed by atoms with Crippen molar-refractivity contribution in [3.05, 3.63) is 66.1 Å². The number of benzene rings is 2. The van der Waals surface area contributed by atoms with Gasteiger partial charge in [0.2, 0.25) is 0 Å². The van der Waals surface area contributed by atoms with E-state index in [-0.39, 0.29) is 23.0 Å². The number of rotatable bonds is 4. The lowest BCUT2D eigenvalue weighted by atomic mass is 9.56. The second kappa shape index (κ2) is 8.57. The summed E-state index contributed by atoms with van der Waals surface area (Å²) in [4.78, 5) is 18.8. The molecule has 3 aromatic rings. The highest BCUT2D eigenvalue weighted by molar-refractivity contribution is 5.89. The van der Waals surface area contributed by atoms with Crippen molar-refractivity contribution in [2.75, 3.05) is 18.4 Å². The van der Waals surface area contributed by atoms with Gasteiger partial charge in [-0.05, 0) is 79.0 Å². The van der Waals surface area contributed by atoms with E-state index < -0.39 is 6.61 Å². The van der Waals surface area contributed by atoms with Gasteiger partial charge in [-0.15, -0.1) is 0 Å². The number of fused-ring (bicyclic) bond motifs is 1. The van der Waals surface area contributed by atoms with Crippen molar-refractivity contribution in [2.45, 2.75) is 38.2 Å². The number of ether oxygens (including phenoxy) is 1. The van der Waals surface area contributed by atoms with Gasteiger partial charge in [0.15, 0.2) is 0 Å². The fourth-order valence-electron chi connectivity index (χ4n) is 5.25. The van der Waals surface area contributed by atoms with Crippen molar-refractivity contribution in [2.24, 2.45) is 5.41 Å². The number of pyridine rings is 1. The van der Waals surface area contributed by atoms with Crippen LogP contribution in [0.4, 0.5) is 23.7 Å². The predicted molar refractivity (Wildman–Crippen MR) is 119 cm³/mol. The minimum Gasteiger partial charge on any atom is -0.435 e. The summed E-state index contributed by atoms with van der Waals surface area (Å²) in [5.41, 5.74) is 2.58. The Hall–Kier alpha value is -3.29. The number of amides is 2. The highest BCUT2D eigenvalue weighted by atomic mass is 19.3. The number of carbonyl (C=O) groups is 1. The van der Waals surface area contributed by atoms with Crippen molar-refractivity contribution in [3.8, 4) is 5.75 Å². The SMILES string of the molecule is O=C(Nc1cccc(OC(F)F)c1)N1CCC2(CC1)CC(c1ccnc3ccc(F)cc13)C2. The van der Waals surface area contributed by atoms with Gasteiger partial charge in [0.1, 0.15) is 11.6 Å². The Morgan fingerprint density at radius 2 is 1.91 bits per heavy atom. The van der Waals surface area contributed by atoms with Crippen LogP contribution in [-0.4, -0.2) is 35.6 Å². The molecule has 0 unspecified atom stereocenters. The summed E-state index contributed by atoms with van der Waals surface area (Å²) < 4.78 is 43.0. The van der Waals surface area contributed by atoms with Crippen LogP contribution in [0.5, 0.6) is 5.75 Å². The van der Waals surface area contributed by atoms with Gasteiger partial charge in [-0.1, -0.05) is 6.07 Å². The number of alkyl halides is 2. The fourth-order valence-corrected chi connectivity index (χ4v) is 5.25. The monoisotopic (exact) mass is 455 g/mol. The van der Waals surface area contributed by atoms with E-state index in [2.05, 4.69) is 15.0 Å². The van der Waals surface area contributed by atoms with Crippen LogP contribution in [0.1, 0.15) is 37.2 Å². The molecular formula is C25H24F3N3O2. The number of piperidine rings is 1. The lowest BCUT2D eigenvalue weighted by Crippen LogP contribution is -2.49. The fraction of sp³-hybridized carbons (Fsp3) is 0.360. The summed E-state index contributed by atoms with van der Waals surface area (Å²) in [6.07, 6.45) is 5.64. The van der Waals surface area contributed by atoms with Crippen LogP contribution < -0.4 is 10.1 Å². The van der Waals surface area contributed by atoms with E-state index >= 15 is 0 Å². The molecule has 172 valence electrons. The molecule has 5 rings (SSSR count). The van der Waals surface area contributed by atoms with Gasteiger partial charge in [-0.3, -0.25) is 4.98 Å². The van der Waals surface area contributed by atoms with Crippen LogP contribution in [-0.2, 0) is 0 Å². The molecule has 1 N–H and O–H groups in total. The highest BCUT2D eigenvalue weighted by Gasteiger charge is 2.47. The van der Waals surface area contributed by atoms with Crippen LogP contribution in [0.15, 0.2) is 54.7 Å². The molecule has 1 aliphatic heterocycles. The minimum atomic E-state index is -2.91. The Morgan fingerprint density at radius 1 is 1.12 bits per heavy atom. The van der Waals surface area contributed by atoms with Crippen LogP contribution in [0.25, 0.3) is 10.9 Å². The largest absolute Gasteiger partial charge is 0.435 e. The van der Waals surface area contributed by atoms with E-state index in [1.807, 2.05) is 6.07 Å². The van der Waals surface area contributed by atoms with Crippen molar-refractivity contribution in [1.82, 2.24) is 9.88 Å². The van der Waals surface area contributed by atoms with Crippen LogP contribution >= 0.6 is 0 Å². The van der Waals surface area contributed by atoms with Crippen molar-refractivity contribution >= 4 is 22.6 Å². The molecule has 2 fully saturated rings.